The number of fused-ring (bicyclic) bond motifs is 2. The molecule has 6 heterocycles. The van der Waals surface area contributed by atoms with Gasteiger partial charge in [0.05, 0.1) is 34.5 Å². The number of ketones is 2. The Balaban J connectivity index is 0.000000191. The van der Waals surface area contributed by atoms with Gasteiger partial charge in [0, 0.05) is 62.5 Å². The first-order chi connectivity index (χ1) is 30.7. The van der Waals surface area contributed by atoms with Crippen molar-refractivity contribution in [2.45, 2.75) is 77.3 Å². The molecule has 4 aromatic rings. The number of halogens is 2. The number of carbonyl (C=O) groups is 4. The van der Waals surface area contributed by atoms with Crippen molar-refractivity contribution in [1.29, 1.82) is 10.5 Å². The molecule has 14 nitrogen and oxygen atoms in total. The van der Waals surface area contributed by atoms with Crippen LogP contribution in [0.5, 0.6) is 0 Å². The molecule has 4 aliphatic rings. The van der Waals surface area contributed by atoms with Crippen LogP contribution in [0.1, 0.15) is 124 Å². The molecular formula is C48H48F2N6O8. The van der Waals surface area contributed by atoms with Gasteiger partial charge >= 0.3 is 11.9 Å². The Morgan fingerprint density at radius 3 is 1.45 bits per heavy atom. The number of hydrogen-bond acceptors (Lipinski definition) is 14. The van der Waals surface area contributed by atoms with Crippen LogP contribution in [-0.2, 0) is 22.7 Å². The fraction of sp³-hybridized carbons (Fsp3) is 0.417. The van der Waals surface area contributed by atoms with Gasteiger partial charge in [0.2, 0.25) is 0 Å². The van der Waals surface area contributed by atoms with Gasteiger partial charge in [-0.1, -0.05) is 12.1 Å². The number of benzene rings is 2. The zero-order valence-corrected chi connectivity index (χ0v) is 35.5. The van der Waals surface area contributed by atoms with E-state index in [2.05, 4.69) is 9.97 Å². The highest BCUT2D eigenvalue weighted by molar-refractivity contribution is 5.95. The number of nitrogens with zero attached hydrogens (tertiary/aromatic N) is 6. The van der Waals surface area contributed by atoms with Crippen LogP contribution in [0.4, 0.5) is 8.78 Å². The number of esters is 2. The molecule has 0 unspecified atom stereocenters. The number of ether oxygens (including phenoxy) is 2. The molecule has 64 heavy (non-hydrogen) atoms. The van der Waals surface area contributed by atoms with Crippen molar-refractivity contribution in [2.24, 2.45) is 11.8 Å². The van der Waals surface area contributed by atoms with Gasteiger partial charge in [-0.15, -0.1) is 0 Å². The van der Waals surface area contributed by atoms with E-state index in [4.69, 9.17) is 20.0 Å². The van der Waals surface area contributed by atoms with Crippen LogP contribution in [0.2, 0.25) is 0 Å². The van der Waals surface area contributed by atoms with Crippen molar-refractivity contribution in [2.75, 3.05) is 39.3 Å². The second-order valence-electron chi connectivity index (χ2n) is 16.8. The second kappa shape index (κ2) is 20.0. The maximum absolute atomic E-state index is 14.9. The summed E-state index contributed by atoms with van der Waals surface area (Å²) in [6, 6.07) is 16.8. The van der Waals surface area contributed by atoms with Crippen molar-refractivity contribution in [1.82, 2.24) is 19.8 Å². The minimum Gasteiger partial charge on any atom is -0.457 e. The number of β-amino-alcohol motifs (C(OH)–C–C–N with tert-alkyl or cyclic N) is 2. The first kappa shape index (κ1) is 45.7. The van der Waals surface area contributed by atoms with Gasteiger partial charge < -0.3 is 19.7 Å². The number of cyclic esters (lactones) is 2. The average molecular weight is 875 g/mol. The number of piperidine rings is 2. The third-order valence-corrected chi connectivity index (χ3v) is 12.8. The van der Waals surface area contributed by atoms with E-state index < -0.39 is 36.4 Å². The summed E-state index contributed by atoms with van der Waals surface area (Å²) in [5, 5.41) is 39.2. The molecule has 8 rings (SSSR count). The lowest BCUT2D eigenvalue weighted by Gasteiger charge is -2.35. The van der Waals surface area contributed by atoms with E-state index in [1.54, 1.807) is 24.3 Å². The normalized spacial score (nSPS) is 21.5. The molecule has 2 N–H and O–H groups in total. The molecule has 2 aromatic heterocycles. The van der Waals surface area contributed by atoms with Gasteiger partial charge in [-0.3, -0.25) is 29.4 Å². The molecular weight excluding hydrogens is 827 g/mol. The van der Waals surface area contributed by atoms with E-state index in [1.165, 1.54) is 36.7 Å². The summed E-state index contributed by atoms with van der Waals surface area (Å²) in [7, 11) is 0. The number of pyridine rings is 2. The summed E-state index contributed by atoms with van der Waals surface area (Å²) in [5.41, 5.74) is 6.95. The number of Topliss-reactive ketones (excluding diaryl/α,β-unsaturated/α-hetero) is 2. The first-order valence-electron chi connectivity index (χ1n) is 21.2. The summed E-state index contributed by atoms with van der Waals surface area (Å²) in [6.45, 7) is 6.09. The maximum atomic E-state index is 14.9. The molecule has 0 saturated carbocycles. The number of alkyl halides is 2. The Bertz CT molecular complexity index is 2330. The molecule has 6 atom stereocenters. The van der Waals surface area contributed by atoms with Crippen molar-refractivity contribution in [3.05, 3.63) is 128 Å². The highest BCUT2D eigenvalue weighted by atomic mass is 19.1. The lowest BCUT2D eigenvalue weighted by atomic mass is 9.88. The molecule has 2 saturated heterocycles. The smallest absolute Gasteiger partial charge is 0.338 e. The number of hydrogen-bond donors (Lipinski definition) is 2. The quantitative estimate of drug-likeness (QED) is 0.128. The average Bonchev–Trinajstić information content (AvgIpc) is 3.88. The van der Waals surface area contributed by atoms with E-state index >= 15 is 0 Å². The Hall–Kier alpha value is -6.30. The molecule has 0 bridgehead atoms. The van der Waals surface area contributed by atoms with Crippen molar-refractivity contribution in [3.63, 3.8) is 0 Å². The molecule has 2 fully saturated rings. The van der Waals surface area contributed by atoms with E-state index in [1.807, 2.05) is 35.8 Å². The van der Waals surface area contributed by atoms with Gasteiger partial charge in [-0.2, -0.15) is 10.5 Å². The Morgan fingerprint density at radius 2 is 1.11 bits per heavy atom. The van der Waals surface area contributed by atoms with Crippen LogP contribution in [0, 0.1) is 48.3 Å². The lowest BCUT2D eigenvalue weighted by molar-refractivity contribution is 0.0411. The third-order valence-electron chi connectivity index (χ3n) is 12.8. The molecule has 2 aromatic carbocycles. The predicted molar refractivity (Wildman–Crippen MR) is 225 cm³/mol. The van der Waals surface area contributed by atoms with Crippen LogP contribution in [0.25, 0.3) is 0 Å². The topological polar surface area (TPSA) is 207 Å². The Morgan fingerprint density at radius 1 is 0.703 bits per heavy atom. The van der Waals surface area contributed by atoms with E-state index in [-0.39, 0.29) is 87.1 Å². The summed E-state index contributed by atoms with van der Waals surface area (Å²) < 4.78 is 39.8. The highest BCUT2D eigenvalue weighted by Gasteiger charge is 2.35. The van der Waals surface area contributed by atoms with Gasteiger partial charge in [-0.25, -0.2) is 18.4 Å². The summed E-state index contributed by atoms with van der Waals surface area (Å²) in [4.78, 5) is 60.0. The Labute approximate surface area is 369 Å². The molecule has 0 amide bonds. The minimum atomic E-state index is -1.19. The number of carbonyl (C=O) groups excluding carboxylic acids is 4. The summed E-state index contributed by atoms with van der Waals surface area (Å²) >= 11 is 0. The van der Waals surface area contributed by atoms with Gasteiger partial charge in [0.15, 0.2) is 11.6 Å². The second-order valence-corrected chi connectivity index (χ2v) is 16.8. The number of likely N-dealkylation sites (tertiary alicyclic amines) is 2. The number of aromatic nitrogens is 2. The lowest BCUT2D eigenvalue weighted by Crippen LogP contribution is -2.44. The zero-order chi connectivity index (χ0) is 45.7. The molecule has 16 heteroatoms. The van der Waals surface area contributed by atoms with E-state index in [9.17, 15) is 38.2 Å². The van der Waals surface area contributed by atoms with Gasteiger partial charge in [-0.05, 0) is 110 Å². The van der Waals surface area contributed by atoms with Crippen molar-refractivity contribution < 1.29 is 47.6 Å². The maximum Gasteiger partial charge on any atom is 0.338 e. The highest BCUT2D eigenvalue weighted by Crippen LogP contribution is 2.33. The van der Waals surface area contributed by atoms with Crippen LogP contribution in [0.3, 0.4) is 0 Å². The number of rotatable bonds is 12. The number of nitriles is 2. The van der Waals surface area contributed by atoms with Crippen LogP contribution in [0.15, 0.2) is 60.9 Å². The van der Waals surface area contributed by atoms with Crippen molar-refractivity contribution >= 4 is 23.5 Å². The van der Waals surface area contributed by atoms with Crippen LogP contribution >= 0.6 is 0 Å². The van der Waals surface area contributed by atoms with Crippen molar-refractivity contribution in [3.8, 4) is 12.1 Å². The molecule has 0 radical (unpaired) electrons. The molecule has 4 aliphatic heterocycles. The van der Waals surface area contributed by atoms with Crippen LogP contribution in [-0.4, -0.2) is 105 Å². The fourth-order valence-electron chi connectivity index (χ4n) is 8.90. The summed E-state index contributed by atoms with van der Waals surface area (Å²) in [6.07, 6.45) is -0.198. The molecule has 0 spiro atoms. The monoisotopic (exact) mass is 874 g/mol. The molecule has 332 valence electrons. The standard InChI is InChI=1S/2C24H24FN3O4/c2*1-14-17(3-4-18-19(14)13-32-24(18)31)23(30)12-28-7-6-16(20(25)11-28)8-22(29)21-5-2-15(9-26)10-27-21/h2*2-5,10,16,20,23,30H,6-8,11-13H2,1H3/t16-,20-,23+;16-,20-,23-/m10/s1. The van der Waals surface area contributed by atoms with Crippen LogP contribution < -0.4 is 0 Å². The van der Waals surface area contributed by atoms with Gasteiger partial charge in [0.1, 0.15) is 49.1 Å². The van der Waals surface area contributed by atoms with E-state index in [0.717, 1.165) is 22.3 Å². The predicted octanol–water partition coefficient (Wildman–Crippen LogP) is 5.80. The fourth-order valence-corrected chi connectivity index (χ4v) is 8.90. The number of aliphatic hydroxyl groups is 2. The minimum absolute atomic E-state index is 0.0639. The largest absolute Gasteiger partial charge is 0.457 e. The number of aliphatic hydroxyl groups excluding tert-OH is 2. The summed E-state index contributed by atoms with van der Waals surface area (Å²) in [5.74, 6) is -1.98. The van der Waals surface area contributed by atoms with E-state index in [0.29, 0.717) is 59.3 Å². The SMILES string of the molecule is Cc1c([C@@H](O)CN2CC[C@@H](CC(=O)c3ccc(C#N)cn3)[C@@H](F)C2)ccc2c1COC2=O.Cc1c([C@@H](O)CN2CC[C@H](CC(=O)c3ccc(C#N)cn3)[C@H](F)C2)ccc2c1COC2=O. The first-order valence-corrected chi connectivity index (χ1v) is 21.2. The zero-order valence-electron chi connectivity index (χ0n) is 35.5. The molecule has 0 aliphatic carbocycles. The third kappa shape index (κ3) is 10.2. The van der Waals surface area contributed by atoms with Gasteiger partial charge in [0.25, 0.3) is 0 Å². The Kier molecular flexibility index (Phi) is 14.3.